The Hall–Kier alpha value is -0.770. The highest BCUT2D eigenvalue weighted by molar-refractivity contribution is 5.01. The predicted molar refractivity (Wildman–Crippen MR) is 98.7 cm³/mol. The molecule has 0 aliphatic rings. The Labute approximate surface area is 140 Å². The van der Waals surface area contributed by atoms with Crippen LogP contribution in [0.25, 0.3) is 0 Å². The summed E-state index contributed by atoms with van der Waals surface area (Å²) in [6, 6.07) is 2.18. The average molecular weight is 306 g/mol. The van der Waals surface area contributed by atoms with Gasteiger partial charge in [-0.15, -0.1) is 0 Å². The summed E-state index contributed by atoms with van der Waals surface area (Å²) >= 11 is 0. The first kappa shape index (κ1) is 21.2. The van der Waals surface area contributed by atoms with E-state index in [1.807, 2.05) is 0 Å². The second-order valence-corrected chi connectivity index (χ2v) is 7.77. The van der Waals surface area contributed by atoms with Crippen LogP contribution in [0.15, 0.2) is 11.6 Å². The maximum Gasteiger partial charge on any atom is 0.0663 e. The molecule has 0 fully saturated rings. The Morgan fingerprint density at radius 3 is 1.86 bits per heavy atom. The molecule has 1 heteroatoms. The van der Waals surface area contributed by atoms with Gasteiger partial charge in [-0.2, -0.15) is 5.26 Å². The zero-order chi connectivity index (χ0) is 16.8. The molecule has 0 aliphatic heterocycles. The molecule has 0 rings (SSSR count). The van der Waals surface area contributed by atoms with E-state index in [0.717, 1.165) is 24.2 Å². The maximum atomic E-state index is 8.56. The van der Waals surface area contributed by atoms with E-state index >= 15 is 0 Å². The minimum Gasteiger partial charge on any atom is -0.198 e. The molecule has 0 saturated heterocycles. The minimum absolute atomic E-state index is 0.566. The van der Waals surface area contributed by atoms with Gasteiger partial charge in [0, 0.05) is 0 Å². The topological polar surface area (TPSA) is 23.8 Å². The smallest absolute Gasteiger partial charge is 0.0663 e. The van der Waals surface area contributed by atoms with Gasteiger partial charge in [-0.1, -0.05) is 84.3 Å². The van der Waals surface area contributed by atoms with Crippen molar-refractivity contribution in [3.8, 4) is 6.07 Å². The fourth-order valence-corrected chi connectivity index (χ4v) is 3.03. The Morgan fingerprint density at radius 1 is 0.864 bits per heavy atom. The van der Waals surface area contributed by atoms with Gasteiger partial charge in [0.25, 0.3) is 0 Å². The van der Waals surface area contributed by atoms with E-state index in [1.54, 1.807) is 0 Å². The third kappa shape index (κ3) is 14.2. The van der Waals surface area contributed by atoms with E-state index in [9.17, 15) is 0 Å². The zero-order valence-electron chi connectivity index (χ0n) is 15.8. The lowest BCUT2D eigenvalue weighted by atomic mass is 9.91. The number of rotatable bonds is 13. The zero-order valence-corrected chi connectivity index (χ0v) is 15.8. The van der Waals surface area contributed by atoms with Crippen molar-refractivity contribution in [2.24, 2.45) is 17.8 Å². The first-order chi connectivity index (χ1) is 10.5. The van der Waals surface area contributed by atoms with Crippen molar-refractivity contribution in [2.75, 3.05) is 0 Å². The van der Waals surface area contributed by atoms with Gasteiger partial charge in [0.2, 0.25) is 0 Å². The number of nitriles is 1. The molecule has 0 heterocycles. The van der Waals surface area contributed by atoms with Crippen LogP contribution in [0.1, 0.15) is 98.8 Å². The molecule has 0 bridgehead atoms. The summed E-state index contributed by atoms with van der Waals surface area (Å²) in [6.07, 6.45) is 14.8. The summed E-state index contributed by atoms with van der Waals surface area (Å²) in [5, 5.41) is 8.56. The molecule has 0 aromatic carbocycles. The summed E-state index contributed by atoms with van der Waals surface area (Å²) < 4.78 is 0. The van der Waals surface area contributed by atoms with Crippen molar-refractivity contribution in [1.82, 2.24) is 0 Å². The van der Waals surface area contributed by atoms with Crippen LogP contribution >= 0.6 is 0 Å². The van der Waals surface area contributed by atoms with E-state index in [0.29, 0.717) is 6.42 Å². The highest BCUT2D eigenvalue weighted by Gasteiger charge is 2.06. The first-order valence-electron chi connectivity index (χ1n) is 9.48. The monoisotopic (exact) mass is 305 g/mol. The Kier molecular flexibility index (Phi) is 13.4. The van der Waals surface area contributed by atoms with Crippen molar-refractivity contribution in [1.29, 1.82) is 5.26 Å². The van der Waals surface area contributed by atoms with Crippen LogP contribution in [0.3, 0.4) is 0 Å². The molecule has 128 valence electrons. The molecule has 2 unspecified atom stereocenters. The number of hydrogen-bond donors (Lipinski definition) is 0. The summed E-state index contributed by atoms with van der Waals surface area (Å²) in [5.74, 6) is 2.62. The predicted octanol–water partition coefficient (Wildman–Crippen LogP) is 7.29. The van der Waals surface area contributed by atoms with Gasteiger partial charge < -0.3 is 0 Å². The van der Waals surface area contributed by atoms with Crippen molar-refractivity contribution < 1.29 is 0 Å². The van der Waals surface area contributed by atoms with Crippen LogP contribution in [0.5, 0.6) is 0 Å². The lowest BCUT2D eigenvalue weighted by Crippen LogP contribution is -2.00. The van der Waals surface area contributed by atoms with Gasteiger partial charge in [0.15, 0.2) is 0 Å². The van der Waals surface area contributed by atoms with Crippen molar-refractivity contribution in [3.05, 3.63) is 11.6 Å². The number of hydrogen-bond acceptors (Lipinski definition) is 1. The Morgan fingerprint density at radius 2 is 1.36 bits per heavy atom. The number of allylic oxidation sites excluding steroid dienone is 2. The molecule has 0 aliphatic carbocycles. The Bertz CT molecular complexity index is 321. The molecule has 0 aromatic heterocycles. The van der Waals surface area contributed by atoms with E-state index in [2.05, 4.69) is 46.8 Å². The van der Waals surface area contributed by atoms with E-state index < -0.39 is 0 Å². The largest absolute Gasteiger partial charge is 0.198 e. The van der Waals surface area contributed by atoms with Gasteiger partial charge in [0.05, 0.1) is 12.5 Å². The van der Waals surface area contributed by atoms with Crippen LogP contribution in [-0.2, 0) is 0 Å². The molecular formula is C21H39N. The molecular weight excluding hydrogens is 266 g/mol. The second-order valence-electron chi connectivity index (χ2n) is 7.77. The standard InChI is InChI=1S/C21H39N/c1-18(2)10-6-11-19(3)12-7-13-20(4)14-8-15-21(5)16-9-17-22/h16,18-20H,6-15H2,1-5H3. The summed E-state index contributed by atoms with van der Waals surface area (Å²) in [6.45, 7) is 11.6. The normalized spacial score (nSPS) is 14.9. The lowest BCUT2D eigenvalue weighted by molar-refractivity contribution is 0.389. The highest BCUT2D eigenvalue weighted by Crippen LogP contribution is 2.22. The molecule has 22 heavy (non-hydrogen) atoms. The van der Waals surface area contributed by atoms with Crippen LogP contribution in [0.2, 0.25) is 0 Å². The van der Waals surface area contributed by atoms with Gasteiger partial charge in [0.1, 0.15) is 0 Å². The Balaban J connectivity index is 3.57. The maximum absolute atomic E-state index is 8.56. The van der Waals surface area contributed by atoms with Gasteiger partial charge >= 0.3 is 0 Å². The second kappa shape index (κ2) is 13.9. The van der Waals surface area contributed by atoms with Crippen LogP contribution in [0, 0.1) is 29.1 Å². The molecule has 0 saturated carbocycles. The molecule has 0 amide bonds. The minimum atomic E-state index is 0.566. The van der Waals surface area contributed by atoms with Gasteiger partial charge in [-0.05, 0) is 37.5 Å². The lowest BCUT2D eigenvalue weighted by Gasteiger charge is -2.15. The summed E-state index contributed by atoms with van der Waals surface area (Å²) in [5.41, 5.74) is 1.38. The highest BCUT2D eigenvalue weighted by atomic mass is 14.2. The number of nitrogens with zero attached hydrogens (tertiary/aromatic N) is 1. The van der Waals surface area contributed by atoms with E-state index in [4.69, 9.17) is 5.26 Å². The third-order valence-electron chi connectivity index (χ3n) is 4.68. The fourth-order valence-electron chi connectivity index (χ4n) is 3.03. The van der Waals surface area contributed by atoms with Crippen molar-refractivity contribution >= 4 is 0 Å². The fraction of sp³-hybridized carbons (Fsp3) is 0.857. The molecule has 2 atom stereocenters. The average Bonchev–Trinajstić information content (AvgIpc) is 2.44. The first-order valence-corrected chi connectivity index (χ1v) is 9.48. The van der Waals surface area contributed by atoms with Gasteiger partial charge in [-0.25, -0.2) is 0 Å². The molecule has 1 nitrogen and oxygen atoms in total. The molecule has 0 aromatic rings. The quantitative estimate of drug-likeness (QED) is 0.328. The van der Waals surface area contributed by atoms with Crippen molar-refractivity contribution in [3.63, 3.8) is 0 Å². The molecule has 0 radical (unpaired) electrons. The summed E-state index contributed by atoms with van der Waals surface area (Å²) in [4.78, 5) is 0. The van der Waals surface area contributed by atoms with Crippen molar-refractivity contribution in [2.45, 2.75) is 98.8 Å². The molecule has 0 N–H and O–H groups in total. The molecule has 0 spiro atoms. The third-order valence-corrected chi connectivity index (χ3v) is 4.68. The van der Waals surface area contributed by atoms with E-state index in [1.165, 1.54) is 56.9 Å². The summed E-state index contributed by atoms with van der Waals surface area (Å²) in [7, 11) is 0. The van der Waals surface area contributed by atoms with E-state index in [-0.39, 0.29) is 0 Å². The van der Waals surface area contributed by atoms with Crippen LogP contribution in [0.4, 0.5) is 0 Å². The SMILES string of the molecule is CC(=CCC#N)CCCC(C)CCCC(C)CCCC(C)C. The van der Waals surface area contributed by atoms with Crippen LogP contribution < -0.4 is 0 Å². The van der Waals surface area contributed by atoms with Crippen LogP contribution in [-0.4, -0.2) is 0 Å². The van der Waals surface area contributed by atoms with Gasteiger partial charge in [-0.3, -0.25) is 0 Å².